The monoisotopic (exact) mass is 380 g/mol. The number of carboxylic acid groups (broad SMARTS) is 1. The highest BCUT2D eigenvalue weighted by atomic mass is 19.4. The van der Waals surface area contributed by atoms with Crippen molar-refractivity contribution in [1.82, 2.24) is 4.98 Å². The normalized spacial score (nSPS) is 19.2. The van der Waals surface area contributed by atoms with Gasteiger partial charge in [0.2, 0.25) is 6.10 Å². The summed E-state index contributed by atoms with van der Waals surface area (Å²) in [6, 6.07) is 0.893. The first-order valence-electron chi connectivity index (χ1n) is 7.09. The molecule has 1 aliphatic rings. The van der Waals surface area contributed by atoms with Gasteiger partial charge >= 0.3 is 18.1 Å². The van der Waals surface area contributed by atoms with Crippen LogP contribution in [0.15, 0.2) is 12.1 Å². The molecule has 1 saturated heterocycles. The number of rotatable bonds is 4. The van der Waals surface area contributed by atoms with E-state index < -0.39 is 53.6 Å². The van der Waals surface area contributed by atoms with E-state index >= 15 is 0 Å². The predicted molar refractivity (Wildman–Crippen MR) is 74.5 cm³/mol. The van der Waals surface area contributed by atoms with E-state index in [-0.39, 0.29) is 13.2 Å². The summed E-state index contributed by atoms with van der Waals surface area (Å²) in [5.41, 5.74) is -1.43. The number of alkyl halides is 3. The third-order valence-electron chi connectivity index (χ3n) is 3.31. The molecule has 0 bridgehead atoms. The van der Waals surface area contributed by atoms with E-state index in [2.05, 4.69) is 9.72 Å². The number of anilines is 1. The van der Waals surface area contributed by atoms with Gasteiger partial charge in [0.25, 0.3) is 5.91 Å². The number of hydrogen-bond donors (Lipinski definition) is 1. The molecule has 1 amide bonds. The molecule has 8 nitrogen and oxygen atoms in total. The topological polar surface area (TPSA) is 106 Å². The van der Waals surface area contributed by atoms with Gasteiger partial charge in [-0.05, 0) is 12.1 Å². The van der Waals surface area contributed by atoms with Crippen LogP contribution in [-0.4, -0.2) is 53.3 Å². The number of nitrogens with zero attached hydrogens (tertiary/aromatic N) is 2. The summed E-state index contributed by atoms with van der Waals surface area (Å²) in [5, 5.41) is 9.09. The summed E-state index contributed by atoms with van der Waals surface area (Å²) in [4.78, 5) is 38.3. The molecule has 142 valence electrons. The average Bonchev–Trinajstić information content (AvgIpc) is 2.52. The van der Waals surface area contributed by atoms with E-state index in [1.165, 1.54) is 0 Å². The molecule has 2 heterocycles. The minimum Gasteiger partial charge on any atom is -0.478 e. The fraction of sp³-hybridized carbons (Fsp3) is 0.429. The average molecular weight is 380 g/mol. The Morgan fingerprint density at radius 1 is 1.42 bits per heavy atom. The largest absolute Gasteiger partial charge is 0.478 e. The van der Waals surface area contributed by atoms with Crippen molar-refractivity contribution in [1.29, 1.82) is 0 Å². The lowest BCUT2D eigenvalue weighted by Crippen LogP contribution is -2.56. The highest BCUT2D eigenvalue weighted by Crippen LogP contribution is 2.31. The van der Waals surface area contributed by atoms with Crippen LogP contribution >= 0.6 is 0 Å². The second kappa shape index (κ2) is 7.23. The lowest BCUT2D eigenvalue weighted by Gasteiger charge is -2.34. The molecular formula is C14H12F4N2O6. The van der Waals surface area contributed by atoms with Gasteiger partial charge in [0.05, 0.1) is 13.2 Å². The van der Waals surface area contributed by atoms with Crippen molar-refractivity contribution in [2.45, 2.75) is 25.3 Å². The summed E-state index contributed by atoms with van der Waals surface area (Å²) in [5.74, 6) is -6.07. The number of esters is 1. The van der Waals surface area contributed by atoms with Crippen LogP contribution in [0, 0.1) is 5.82 Å². The molecule has 1 N–H and O–H groups in total. The van der Waals surface area contributed by atoms with Crippen molar-refractivity contribution >= 4 is 23.7 Å². The SMILES string of the molecule is CC(=O)O[C@@H](C(=O)O)[C@H]1OCCN(c2nc(C(F)(F)F)ccc2F)C1=O. The lowest BCUT2D eigenvalue weighted by atomic mass is 10.1. The molecule has 0 unspecified atom stereocenters. The minimum atomic E-state index is -4.88. The number of aromatic nitrogens is 1. The quantitative estimate of drug-likeness (QED) is 0.613. The number of pyridine rings is 1. The molecule has 26 heavy (non-hydrogen) atoms. The first-order chi connectivity index (χ1) is 12.0. The highest BCUT2D eigenvalue weighted by Gasteiger charge is 2.44. The zero-order valence-corrected chi connectivity index (χ0v) is 13.1. The smallest absolute Gasteiger partial charge is 0.433 e. The zero-order chi connectivity index (χ0) is 19.6. The molecular weight excluding hydrogens is 368 g/mol. The van der Waals surface area contributed by atoms with Crippen LogP contribution in [0.25, 0.3) is 0 Å². The number of aliphatic carboxylic acids is 1. The third kappa shape index (κ3) is 4.07. The second-order valence-corrected chi connectivity index (χ2v) is 5.15. The number of ether oxygens (including phenoxy) is 2. The number of carbonyl (C=O) groups is 3. The molecule has 1 aromatic heterocycles. The van der Waals surface area contributed by atoms with Crippen molar-refractivity contribution < 1.29 is 46.5 Å². The Kier molecular flexibility index (Phi) is 5.44. The van der Waals surface area contributed by atoms with Crippen LogP contribution in [0.1, 0.15) is 12.6 Å². The lowest BCUT2D eigenvalue weighted by molar-refractivity contribution is -0.177. The number of hydrogen-bond acceptors (Lipinski definition) is 6. The fourth-order valence-corrected chi connectivity index (χ4v) is 2.23. The Bertz CT molecular complexity index is 739. The van der Waals surface area contributed by atoms with E-state index in [0.717, 1.165) is 6.92 Å². The molecule has 1 fully saturated rings. The Labute approximate surface area is 143 Å². The predicted octanol–water partition coefficient (Wildman–Crippen LogP) is 0.988. The maximum Gasteiger partial charge on any atom is 0.433 e. The standard InChI is InChI=1S/C14H12F4N2O6/c1-6(21)26-10(13(23)24)9-12(22)20(4-5-25-9)11-7(15)2-3-8(19-11)14(16,17)18/h2-3,9-10H,4-5H2,1H3,(H,23,24)/t9-,10-/m1/s1. The second-order valence-electron chi connectivity index (χ2n) is 5.15. The van der Waals surface area contributed by atoms with Crippen LogP contribution in [0.5, 0.6) is 0 Å². The van der Waals surface area contributed by atoms with E-state index in [9.17, 15) is 31.9 Å². The minimum absolute atomic E-state index is 0.335. The van der Waals surface area contributed by atoms with Gasteiger partial charge in [0, 0.05) is 6.92 Å². The van der Waals surface area contributed by atoms with Gasteiger partial charge in [0.15, 0.2) is 17.7 Å². The van der Waals surface area contributed by atoms with Gasteiger partial charge in [-0.3, -0.25) is 14.5 Å². The van der Waals surface area contributed by atoms with Gasteiger partial charge in [-0.25, -0.2) is 14.2 Å². The van der Waals surface area contributed by atoms with Crippen molar-refractivity contribution in [3.8, 4) is 0 Å². The molecule has 0 aromatic carbocycles. The Morgan fingerprint density at radius 2 is 2.08 bits per heavy atom. The molecule has 2 rings (SSSR count). The number of morpholine rings is 1. The summed E-state index contributed by atoms with van der Waals surface area (Å²) in [7, 11) is 0. The van der Waals surface area contributed by atoms with Gasteiger partial charge in [0.1, 0.15) is 5.69 Å². The van der Waals surface area contributed by atoms with Crippen molar-refractivity contribution in [2.75, 3.05) is 18.1 Å². The van der Waals surface area contributed by atoms with Gasteiger partial charge in [-0.15, -0.1) is 0 Å². The molecule has 1 aliphatic heterocycles. The van der Waals surface area contributed by atoms with Gasteiger partial charge in [-0.1, -0.05) is 0 Å². The first kappa shape index (κ1) is 19.6. The molecule has 0 radical (unpaired) electrons. The van der Waals surface area contributed by atoms with Crippen LogP contribution in [0.2, 0.25) is 0 Å². The van der Waals surface area contributed by atoms with E-state index in [0.29, 0.717) is 17.0 Å². The molecule has 2 atom stereocenters. The third-order valence-corrected chi connectivity index (χ3v) is 3.31. The molecule has 1 aromatic rings. The highest BCUT2D eigenvalue weighted by molar-refractivity contribution is 6.00. The van der Waals surface area contributed by atoms with E-state index in [1.54, 1.807) is 0 Å². The maximum absolute atomic E-state index is 13.9. The fourth-order valence-electron chi connectivity index (χ4n) is 2.23. The van der Waals surface area contributed by atoms with Crippen molar-refractivity contribution in [3.63, 3.8) is 0 Å². The van der Waals surface area contributed by atoms with Crippen LogP contribution in [0.3, 0.4) is 0 Å². The van der Waals surface area contributed by atoms with Gasteiger partial charge in [-0.2, -0.15) is 13.2 Å². The Hall–Kier alpha value is -2.76. The summed E-state index contributed by atoms with van der Waals surface area (Å²) in [6.45, 7) is 0.195. The van der Waals surface area contributed by atoms with Crippen molar-refractivity contribution in [3.05, 3.63) is 23.6 Å². The Morgan fingerprint density at radius 3 is 2.62 bits per heavy atom. The Balaban J connectivity index is 2.38. The molecule has 0 aliphatic carbocycles. The molecule has 0 spiro atoms. The number of halogens is 4. The zero-order valence-electron chi connectivity index (χ0n) is 13.1. The van der Waals surface area contributed by atoms with E-state index in [4.69, 9.17) is 9.84 Å². The van der Waals surface area contributed by atoms with Crippen LogP contribution in [-0.2, 0) is 30.0 Å². The summed E-state index contributed by atoms with van der Waals surface area (Å²) >= 11 is 0. The van der Waals surface area contributed by atoms with Crippen LogP contribution < -0.4 is 4.90 Å². The maximum atomic E-state index is 13.9. The molecule has 0 saturated carbocycles. The first-order valence-corrected chi connectivity index (χ1v) is 7.09. The number of carbonyl (C=O) groups excluding carboxylic acids is 2. The summed E-state index contributed by atoms with van der Waals surface area (Å²) in [6.07, 6.45) is -8.78. The van der Waals surface area contributed by atoms with Gasteiger partial charge < -0.3 is 14.6 Å². The summed E-state index contributed by atoms with van der Waals surface area (Å²) < 4.78 is 61.7. The van der Waals surface area contributed by atoms with Crippen LogP contribution in [0.4, 0.5) is 23.4 Å². The van der Waals surface area contributed by atoms with Crippen molar-refractivity contribution in [2.24, 2.45) is 0 Å². The number of carboxylic acids is 1. The molecule has 12 heteroatoms. The number of amides is 1. The van der Waals surface area contributed by atoms with E-state index in [1.807, 2.05) is 0 Å².